The molecule has 1 aromatic heterocycles. The molecule has 1 heterocycles. The minimum absolute atomic E-state index is 0.0435. The van der Waals surface area contributed by atoms with Crippen molar-refractivity contribution in [2.24, 2.45) is 0 Å². The fraction of sp³-hybridized carbons (Fsp3) is 0.118. The summed E-state index contributed by atoms with van der Waals surface area (Å²) < 4.78 is 0. The molecule has 0 radical (unpaired) electrons. The molecule has 2 nitrogen and oxygen atoms in total. The quantitative estimate of drug-likeness (QED) is 0.669. The lowest BCUT2D eigenvalue weighted by Gasteiger charge is -2.18. The zero-order valence-electron chi connectivity index (χ0n) is 11.5. The Kier molecular flexibility index (Phi) is 4.00. The van der Waals surface area contributed by atoms with Gasteiger partial charge in [-0.1, -0.05) is 35.3 Å². The maximum atomic E-state index is 6.26. The summed E-state index contributed by atoms with van der Waals surface area (Å²) in [4.78, 5) is 4.20. The van der Waals surface area contributed by atoms with Gasteiger partial charge in [0.25, 0.3) is 0 Å². The van der Waals surface area contributed by atoms with E-state index in [1.807, 2.05) is 36.5 Å². The third kappa shape index (κ3) is 2.97. The first-order valence-electron chi connectivity index (χ1n) is 6.69. The molecule has 0 aliphatic carbocycles. The number of hydrogen-bond donors (Lipinski definition) is 1. The maximum absolute atomic E-state index is 6.26. The molecule has 0 fully saturated rings. The topological polar surface area (TPSA) is 24.9 Å². The number of nitrogens with zero attached hydrogens (tertiary/aromatic N) is 1. The highest BCUT2D eigenvalue weighted by molar-refractivity contribution is 6.33. The number of nitrogens with one attached hydrogen (secondary N) is 1. The van der Waals surface area contributed by atoms with Gasteiger partial charge in [-0.15, -0.1) is 0 Å². The number of halogens is 2. The van der Waals surface area contributed by atoms with E-state index < -0.39 is 0 Å². The van der Waals surface area contributed by atoms with E-state index in [-0.39, 0.29) is 6.04 Å². The summed E-state index contributed by atoms with van der Waals surface area (Å²) in [6, 6.07) is 13.7. The Morgan fingerprint density at radius 2 is 1.95 bits per heavy atom. The fourth-order valence-electron chi connectivity index (χ4n) is 2.40. The minimum Gasteiger partial charge on any atom is -0.378 e. The maximum Gasteiger partial charge on any atom is 0.0501 e. The van der Waals surface area contributed by atoms with E-state index in [1.165, 1.54) is 0 Å². The Morgan fingerprint density at radius 3 is 2.81 bits per heavy atom. The number of hydrogen-bond acceptors (Lipinski definition) is 2. The number of pyridine rings is 1. The Labute approximate surface area is 133 Å². The lowest BCUT2D eigenvalue weighted by Crippen LogP contribution is -2.07. The van der Waals surface area contributed by atoms with Crippen molar-refractivity contribution >= 4 is 39.7 Å². The zero-order chi connectivity index (χ0) is 14.8. The van der Waals surface area contributed by atoms with Crippen LogP contribution in [-0.4, -0.2) is 4.98 Å². The van der Waals surface area contributed by atoms with Gasteiger partial charge in [0, 0.05) is 33.5 Å². The predicted octanol–water partition coefficient (Wildman–Crippen LogP) is 5.71. The van der Waals surface area contributed by atoms with Gasteiger partial charge in [-0.2, -0.15) is 0 Å². The van der Waals surface area contributed by atoms with Gasteiger partial charge in [-0.05, 0) is 48.2 Å². The fourth-order valence-corrected chi connectivity index (χ4v) is 2.86. The molecule has 4 heteroatoms. The van der Waals surface area contributed by atoms with Crippen LogP contribution in [-0.2, 0) is 0 Å². The number of aromatic nitrogens is 1. The van der Waals surface area contributed by atoms with E-state index in [0.29, 0.717) is 10.0 Å². The molecule has 1 atom stereocenters. The van der Waals surface area contributed by atoms with Crippen LogP contribution in [0.2, 0.25) is 10.0 Å². The molecule has 0 amide bonds. The van der Waals surface area contributed by atoms with Gasteiger partial charge in [-0.3, -0.25) is 4.98 Å². The largest absolute Gasteiger partial charge is 0.378 e. The molecule has 0 saturated carbocycles. The van der Waals surface area contributed by atoms with Crippen molar-refractivity contribution in [2.45, 2.75) is 13.0 Å². The molecule has 3 rings (SSSR count). The van der Waals surface area contributed by atoms with Crippen molar-refractivity contribution in [1.82, 2.24) is 4.98 Å². The Bertz CT molecular complexity index is 781. The van der Waals surface area contributed by atoms with Gasteiger partial charge in [0.05, 0.1) is 6.04 Å². The van der Waals surface area contributed by atoms with E-state index >= 15 is 0 Å². The summed E-state index contributed by atoms with van der Waals surface area (Å²) in [7, 11) is 0. The number of fused-ring (bicyclic) bond motifs is 1. The smallest absolute Gasteiger partial charge is 0.0501 e. The highest BCUT2D eigenvalue weighted by atomic mass is 35.5. The number of anilines is 1. The summed E-state index contributed by atoms with van der Waals surface area (Å²) in [5.41, 5.74) is 2.01. The first-order valence-corrected chi connectivity index (χ1v) is 7.45. The average Bonchev–Trinajstić information content (AvgIpc) is 2.50. The van der Waals surface area contributed by atoms with Crippen LogP contribution in [0.4, 0.5) is 5.69 Å². The molecule has 0 spiro atoms. The third-order valence-corrected chi connectivity index (χ3v) is 4.06. The third-order valence-electron chi connectivity index (χ3n) is 3.48. The molecule has 1 unspecified atom stereocenters. The SMILES string of the molecule is CC(Nc1cccc2ccncc12)c1cc(Cl)ccc1Cl. The highest BCUT2D eigenvalue weighted by Gasteiger charge is 2.11. The molecule has 0 saturated heterocycles. The zero-order valence-corrected chi connectivity index (χ0v) is 13.0. The van der Waals surface area contributed by atoms with Gasteiger partial charge in [-0.25, -0.2) is 0 Å². The Hall–Kier alpha value is -1.77. The van der Waals surface area contributed by atoms with Crippen molar-refractivity contribution in [1.29, 1.82) is 0 Å². The van der Waals surface area contributed by atoms with E-state index in [1.54, 1.807) is 12.3 Å². The summed E-state index contributed by atoms with van der Waals surface area (Å²) in [6.07, 6.45) is 3.66. The van der Waals surface area contributed by atoms with Crippen molar-refractivity contribution in [3.05, 3.63) is 70.5 Å². The first-order chi connectivity index (χ1) is 10.1. The van der Waals surface area contributed by atoms with Crippen molar-refractivity contribution < 1.29 is 0 Å². The summed E-state index contributed by atoms with van der Waals surface area (Å²) in [5.74, 6) is 0. The number of benzene rings is 2. The molecular weight excluding hydrogens is 303 g/mol. The molecule has 0 aliphatic rings. The van der Waals surface area contributed by atoms with Crippen LogP contribution in [0.1, 0.15) is 18.5 Å². The predicted molar refractivity (Wildman–Crippen MR) is 90.2 cm³/mol. The lowest BCUT2D eigenvalue weighted by molar-refractivity contribution is 0.887. The van der Waals surface area contributed by atoms with E-state index in [0.717, 1.165) is 22.0 Å². The van der Waals surface area contributed by atoms with Crippen LogP contribution in [0.3, 0.4) is 0 Å². The Balaban J connectivity index is 1.96. The van der Waals surface area contributed by atoms with Crippen LogP contribution in [0.5, 0.6) is 0 Å². The second kappa shape index (κ2) is 5.92. The summed E-state index contributed by atoms with van der Waals surface area (Å²) in [5, 5.41) is 7.12. The second-order valence-corrected chi connectivity index (χ2v) is 5.78. The van der Waals surface area contributed by atoms with Gasteiger partial charge in [0.1, 0.15) is 0 Å². The normalized spacial score (nSPS) is 12.3. The number of rotatable bonds is 3. The van der Waals surface area contributed by atoms with Gasteiger partial charge in [0.15, 0.2) is 0 Å². The average molecular weight is 317 g/mol. The van der Waals surface area contributed by atoms with Crippen molar-refractivity contribution in [2.75, 3.05) is 5.32 Å². The molecule has 21 heavy (non-hydrogen) atoms. The van der Waals surface area contributed by atoms with E-state index in [4.69, 9.17) is 23.2 Å². The molecule has 1 N–H and O–H groups in total. The van der Waals surface area contributed by atoms with Crippen LogP contribution in [0.15, 0.2) is 54.9 Å². The van der Waals surface area contributed by atoms with Crippen LogP contribution in [0.25, 0.3) is 10.8 Å². The monoisotopic (exact) mass is 316 g/mol. The molecule has 106 valence electrons. The van der Waals surface area contributed by atoms with E-state index in [2.05, 4.69) is 23.3 Å². The van der Waals surface area contributed by atoms with Gasteiger partial charge < -0.3 is 5.32 Å². The lowest BCUT2D eigenvalue weighted by atomic mass is 10.1. The molecule has 2 aromatic carbocycles. The van der Waals surface area contributed by atoms with Crippen LogP contribution < -0.4 is 5.32 Å². The standard InChI is InChI=1S/C17H14Cl2N2/c1-11(14-9-13(18)5-6-16(14)19)21-17-4-2-3-12-7-8-20-10-15(12)17/h2-11,21H,1H3. The Morgan fingerprint density at radius 1 is 1.10 bits per heavy atom. The summed E-state index contributed by atoms with van der Waals surface area (Å²) in [6.45, 7) is 2.06. The van der Waals surface area contributed by atoms with Crippen molar-refractivity contribution in [3.63, 3.8) is 0 Å². The second-order valence-electron chi connectivity index (χ2n) is 4.93. The van der Waals surface area contributed by atoms with Gasteiger partial charge >= 0.3 is 0 Å². The van der Waals surface area contributed by atoms with Crippen molar-refractivity contribution in [3.8, 4) is 0 Å². The molecular formula is C17H14Cl2N2. The van der Waals surface area contributed by atoms with Crippen LogP contribution >= 0.6 is 23.2 Å². The molecule has 3 aromatic rings. The molecule has 0 aliphatic heterocycles. The van der Waals surface area contributed by atoms with Crippen LogP contribution in [0, 0.1) is 0 Å². The highest BCUT2D eigenvalue weighted by Crippen LogP contribution is 2.31. The first kappa shape index (κ1) is 14.2. The summed E-state index contributed by atoms with van der Waals surface area (Å²) >= 11 is 12.3. The van der Waals surface area contributed by atoms with E-state index in [9.17, 15) is 0 Å². The molecule has 0 bridgehead atoms. The minimum atomic E-state index is 0.0435. The van der Waals surface area contributed by atoms with Gasteiger partial charge in [0.2, 0.25) is 0 Å².